The topological polar surface area (TPSA) is 37.8 Å². The van der Waals surface area contributed by atoms with Gasteiger partial charge in [0.1, 0.15) is 11.6 Å². The summed E-state index contributed by atoms with van der Waals surface area (Å²) in [5, 5.41) is 5.35. The summed E-state index contributed by atoms with van der Waals surface area (Å²) < 4.78 is 0. The molecule has 16 heavy (non-hydrogen) atoms. The molecule has 0 aliphatic carbocycles. The summed E-state index contributed by atoms with van der Waals surface area (Å²) in [4.78, 5) is 9.99. The van der Waals surface area contributed by atoms with E-state index in [2.05, 4.69) is 33.7 Å². The maximum atomic E-state index is 4.44. The van der Waals surface area contributed by atoms with E-state index < -0.39 is 0 Å². The lowest BCUT2D eigenvalue weighted by Gasteiger charge is -2.06. The molecule has 3 nitrogen and oxygen atoms in total. The van der Waals surface area contributed by atoms with Gasteiger partial charge in [-0.1, -0.05) is 13.0 Å². The molecule has 0 fully saturated rings. The molecule has 2 heterocycles. The quantitative estimate of drug-likeness (QED) is 0.880. The molecule has 0 saturated carbocycles. The fourth-order valence-corrected chi connectivity index (χ4v) is 2.15. The average molecular weight is 233 g/mol. The largest absolute Gasteiger partial charge is 0.370 e. The minimum Gasteiger partial charge on any atom is -0.370 e. The zero-order valence-corrected chi connectivity index (χ0v) is 10.3. The molecule has 0 amide bonds. The van der Waals surface area contributed by atoms with Gasteiger partial charge in [-0.3, -0.25) is 0 Å². The number of nitrogens with one attached hydrogen (secondary N) is 1. The summed E-state index contributed by atoms with van der Waals surface area (Å²) in [6, 6.07) is 6.13. The normalized spacial score (nSPS) is 10.4. The molecule has 2 aromatic rings. The second kappa shape index (κ2) is 5.07. The van der Waals surface area contributed by atoms with Crippen molar-refractivity contribution in [2.75, 3.05) is 11.9 Å². The van der Waals surface area contributed by atoms with E-state index in [1.54, 1.807) is 11.3 Å². The highest BCUT2D eigenvalue weighted by Crippen LogP contribution is 2.24. The van der Waals surface area contributed by atoms with E-state index in [9.17, 15) is 0 Å². The van der Waals surface area contributed by atoms with Gasteiger partial charge in [-0.25, -0.2) is 9.97 Å². The van der Waals surface area contributed by atoms with Crippen LogP contribution in [-0.2, 0) is 0 Å². The van der Waals surface area contributed by atoms with Crippen molar-refractivity contribution in [3.63, 3.8) is 0 Å². The first-order valence-electron chi connectivity index (χ1n) is 5.43. The molecule has 2 rings (SSSR count). The van der Waals surface area contributed by atoms with Gasteiger partial charge in [0.15, 0.2) is 0 Å². The second-order valence-electron chi connectivity index (χ2n) is 3.59. The Hall–Kier alpha value is -1.42. The SMILES string of the molecule is CCCNc1cc(-c2cccs2)nc(C)n1. The van der Waals surface area contributed by atoms with E-state index >= 15 is 0 Å². The molecule has 0 saturated heterocycles. The van der Waals surface area contributed by atoms with Crippen LogP contribution >= 0.6 is 11.3 Å². The first-order chi connectivity index (χ1) is 7.79. The van der Waals surface area contributed by atoms with Crippen molar-refractivity contribution >= 4 is 17.2 Å². The monoisotopic (exact) mass is 233 g/mol. The van der Waals surface area contributed by atoms with Crippen LogP contribution in [0.25, 0.3) is 10.6 Å². The summed E-state index contributed by atoms with van der Waals surface area (Å²) in [5.41, 5.74) is 1.00. The Morgan fingerprint density at radius 3 is 2.94 bits per heavy atom. The zero-order chi connectivity index (χ0) is 11.4. The first kappa shape index (κ1) is 11.1. The molecule has 0 radical (unpaired) electrons. The highest BCUT2D eigenvalue weighted by atomic mass is 32.1. The van der Waals surface area contributed by atoms with Crippen LogP contribution in [0.2, 0.25) is 0 Å². The van der Waals surface area contributed by atoms with Crippen LogP contribution in [0.4, 0.5) is 5.82 Å². The molecule has 0 aromatic carbocycles. The molecule has 0 aliphatic rings. The van der Waals surface area contributed by atoms with Gasteiger partial charge in [0.2, 0.25) is 0 Å². The number of hydrogen-bond acceptors (Lipinski definition) is 4. The molecular formula is C12H15N3S. The number of aryl methyl sites for hydroxylation is 1. The summed E-state index contributed by atoms with van der Waals surface area (Å²) in [5.74, 6) is 1.72. The Morgan fingerprint density at radius 1 is 1.38 bits per heavy atom. The van der Waals surface area contributed by atoms with Crippen LogP contribution in [0.1, 0.15) is 19.2 Å². The summed E-state index contributed by atoms with van der Waals surface area (Å²) in [6.07, 6.45) is 1.09. The third kappa shape index (κ3) is 2.58. The lowest BCUT2D eigenvalue weighted by Crippen LogP contribution is -2.04. The van der Waals surface area contributed by atoms with Crippen LogP contribution in [0.15, 0.2) is 23.6 Å². The highest BCUT2D eigenvalue weighted by Gasteiger charge is 2.04. The van der Waals surface area contributed by atoms with Crippen LogP contribution in [0.3, 0.4) is 0 Å². The third-order valence-corrected chi connectivity index (χ3v) is 3.06. The van der Waals surface area contributed by atoms with Crippen molar-refractivity contribution in [3.8, 4) is 10.6 Å². The van der Waals surface area contributed by atoms with Gasteiger partial charge in [-0.05, 0) is 24.8 Å². The van der Waals surface area contributed by atoms with Crippen molar-refractivity contribution in [2.45, 2.75) is 20.3 Å². The minimum absolute atomic E-state index is 0.810. The molecular weight excluding hydrogens is 218 g/mol. The van der Waals surface area contributed by atoms with E-state index in [4.69, 9.17) is 0 Å². The fraction of sp³-hybridized carbons (Fsp3) is 0.333. The van der Waals surface area contributed by atoms with Crippen molar-refractivity contribution in [1.29, 1.82) is 0 Å². The molecule has 2 aromatic heterocycles. The first-order valence-corrected chi connectivity index (χ1v) is 6.31. The fourth-order valence-electron chi connectivity index (χ4n) is 1.46. The maximum Gasteiger partial charge on any atom is 0.130 e. The van der Waals surface area contributed by atoms with Crippen LogP contribution < -0.4 is 5.32 Å². The van der Waals surface area contributed by atoms with Crippen molar-refractivity contribution < 1.29 is 0 Å². The van der Waals surface area contributed by atoms with E-state index in [1.807, 2.05) is 19.1 Å². The van der Waals surface area contributed by atoms with Gasteiger partial charge in [0.25, 0.3) is 0 Å². The maximum absolute atomic E-state index is 4.44. The van der Waals surface area contributed by atoms with Crippen molar-refractivity contribution in [3.05, 3.63) is 29.4 Å². The number of anilines is 1. The summed E-state index contributed by atoms with van der Waals surface area (Å²) >= 11 is 1.70. The standard InChI is InChI=1S/C12H15N3S/c1-3-6-13-12-8-10(14-9(2)15-12)11-5-4-7-16-11/h4-5,7-8H,3,6H2,1-2H3,(H,13,14,15). The number of hydrogen-bond donors (Lipinski definition) is 1. The van der Waals surface area contributed by atoms with Crippen LogP contribution in [0, 0.1) is 6.92 Å². The molecule has 0 atom stereocenters. The molecule has 1 N–H and O–H groups in total. The van der Waals surface area contributed by atoms with Crippen LogP contribution in [0.5, 0.6) is 0 Å². The van der Waals surface area contributed by atoms with Crippen molar-refractivity contribution in [1.82, 2.24) is 9.97 Å². The number of rotatable bonds is 4. The Labute approximate surface area is 99.6 Å². The molecule has 84 valence electrons. The number of nitrogens with zero attached hydrogens (tertiary/aromatic N) is 2. The van der Waals surface area contributed by atoms with E-state index in [-0.39, 0.29) is 0 Å². The molecule has 0 bridgehead atoms. The smallest absolute Gasteiger partial charge is 0.130 e. The van der Waals surface area contributed by atoms with Gasteiger partial charge >= 0.3 is 0 Å². The Balaban J connectivity index is 2.29. The molecule has 0 aliphatic heterocycles. The Morgan fingerprint density at radius 2 is 2.25 bits per heavy atom. The van der Waals surface area contributed by atoms with Gasteiger partial charge in [-0.15, -0.1) is 11.3 Å². The predicted octanol–water partition coefficient (Wildman–Crippen LogP) is 3.34. The van der Waals surface area contributed by atoms with Crippen molar-refractivity contribution in [2.24, 2.45) is 0 Å². The van der Waals surface area contributed by atoms with Crippen LogP contribution in [-0.4, -0.2) is 16.5 Å². The number of aromatic nitrogens is 2. The summed E-state index contributed by atoms with van der Waals surface area (Å²) in [6.45, 7) is 5.01. The van der Waals surface area contributed by atoms with Gasteiger partial charge in [0, 0.05) is 12.6 Å². The minimum atomic E-state index is 0.810. The highest BCUT2D eigenvalue weighted by molar-refractivity contribution is 7.13. The molecule has 4 heteroatoms. The van der Waals surface area contributed by atoms with Gasteiger partial charge in [-0.2, -0.15) is 0 Å². The van der Waals surface area contributed by atoms with Gasteiger partial charge < -0.3 is 5.32 Å². The molecule has 0 unspecified atom stereocenters. The lowest BCUT2D eigenvalue weighted by molar-refractivity contribution is 0.955. The third-order valence-electron chi connectivity index (χ3n) is 2.17. The lowest BCUT2D eigenvalue weighted by atomic mass is 10.3. The van der Waals surface area contributed by atoms with E-state index in [1.165, 1.54) is 4.88 Å². The van der Waals surface area contributed by atoms with E-state index in [0.29, 0.717) is 0 Å². The zero-order valence-electron chi connectivity index (χ0n) is 9.53. The Kier molecular flexibility index (Phi) is 3.51. The number of thiophene rings is 1. The summed E-state index contributed by atoms with van der Waals surface area (Å²) in [7, 11) is 0. The Bertz CT molecular complexity index is 451. The van der Waals surface area contributed by atoms with Gasteiger partial charge in [0.05, 0.1) is 10.6 Å². The predicted molar refractivity (Wildman–Crippen MR) is 68.9 cm³/mol. The van der Waals surface area contributed by atoms with E-state index in [0.717, 1.165) is 30.3 Å². The second-order valence-corrected chi connectivity index (χ2v) is 4.54. The average Bonchev–Trinajstić information content (AvgIpc) is 2.79. The molecule has 0 spiro atoms.